The molecule has 0 unspecified atom stereocenters. The first-order valence-electron chi connectivity index (χ1n) is 9.39. The molecule has 1 saturated heterocycles. The number of rotatable bonds is 6. The Kier molecular flexibility index (Phi) is 5.33. The van der Waals surface area contributed by atoms with Crippen molar-refractivity contribution in [1.29, 1.82) is 0 Å². The lowest BCUT2D eigenvalue weighted by Crippen LogP contribution is -2.48. The average molecular weight is 418 g/mol. The Morgan fingerprint density at radius 1 is 1.00 bits per heavy atom. The van der Waals surface area contributed by atoms with Gasteiger partial charge in [0.2, 0.25) is 16.8 Å². The van der Waals surface area contributed by atoms with Gasteiger partial charge in [0.05, 0.1) is 4.90 Å². The Labute approximate surface area is 169 Å². The number of anilines is 1. The van der Waals surface area contributed by atoms with Crippen LogP contribution >= 0.6 is 0 Å². The smallest absolute Gasteiger partial charge is 0.303 e. The van der Waals surface area contributed by atoms with Crippen molar-refractivity contribution in [3.63, 3.8) is 0 Å². The summed E-state index contributed by atoms with van der Waals surface area (Å²) in [5.41, 5.74) is 1.50. The Morgan fingerprint density at radius 3 is 2.31 bits per heavy atom. The van der Waals surface area contributed by atoms with Crippen LogP contribution in [-0.4, -0.2) is 56.8 Å². The minimum atomic E-state index is -3.79. The molecule has 2 aromatic carbocycles. The first-order valence-corrected chi connectivity index (χ1v) is 10.8. The van der Waals surface area contributed by atoms with E-state index < -0.39 is 16.0 Å². The average Bonchev–Trinajstić information content (AvgIpc) is 3.20. The van der Waals surface area contributed by atoms with Crippen molar-refractivity contribution in [3.05, 3.63) is 48.0 Å². The quantitative estimate of drug-likeness (QED) is 0.766. The molecular formula is C20H22N2O6S. The maximum Gasteiger partial charge on any atom is 0.303 e. The number of ether oxygens (including phenoxy) is 2. The molecule has 29 heavy (non-hydrogen) atoms. The number of piperazine rings is 1. The van der Waals surface area contributed by atoms with Crippen LogP contribution in [-0.2, 0) is 21.2 Å². The number of carboxylic acid groups (broad SMARTS) is 1. The van der Waals surface area contributed by atoms with E-state index in [2.05, 4.69) is 4.90 Å². The number of fused-ring (bicyclic) bond motifs is 1. The highest BCUT2D eigenvalue weighted by atomic mass is 32.2. The Bertz CT molecular complexity index is 1000. The third-order valence-electron chi connectivity index (χ3n) is 5.14. The molecule has 8 nitrogen and oxygen atoms in total. The molecule has 0 spiro atoms. The summed E-state index contributed by atoms with van der Waals surface area (Å²) < 4.78 is 38.9. The number of carboxylic acids is 1. The lowest BCUT2D eigenvalue weighted by atomic mass is 10.1. The number of hydrogen-bond donors (Lipinski definition) is 1. The van der Waals surface area contributed by atoms with Crippen molar-refractivity contribution in [2.24, 2.45) is 0 Å². The van der Waals surface area contributed by atoms with Gasteiger partial charge in [-0.3, -0.25) is 4.79 Å². The zero-order chi connectivity index (χ0) is 20.4. The highest BCUT2D eigenvalue weighted by Gasteiger charge is 2.32. The van der Waals surface area contributed by atoms with Crippen molar-refractivity contribution in [3.8, 4) is 11.5 Å². The Morgan fingerprint density at radius 2 is 1.66 bits per heavy atom. The minimum Gasteiger partial charge on any atom is -0.481 e. The maximum atomic E-state index is 13.4. The normalized spacial score (nSPS) is 16.8. The van der Waals surface area contributed by atoms with Gasteiger partial charge in [0.15, 0.2) is 11.5 Å². The zero-order valence-electron chi connectivity index (χ0n) is 15.8. The zero-order valence-corrected chi connectivity index (χ0v) is 16.6. The summed E-state index contributed by atoms with van der Waals surface area (Å²) in [6.45, 7) is 1.89. The van der Waals surface area contributed by atoms with Gasteiger partial charge in [-0.1, -0.05) is 18.2 Å². The van der Waals surface area contributed by atoms with Crippen molar-refractivity contribution < 1.29 is 27.8 Å². The topological polar surface area (TPSA) is 96.4 Å². The number of aryl methyl sites for hydroxylation is 1. The van der Waals surface area contributed by atoms with Gasteiger partial charge in [0, 0.05) is 44.4 Å². The molecule has 9 heteroatoms. The second-order valence-electron chi connectivity index (χ2n) is 6.93. The summed E-state index contributed by atoms with van der Waals surface area (Å²) in [7, 11) is -3.79. The number of hydrogen-bond acceptors (Lipinski definition) is 6. The summed E-state index contributed by atoms with van der Waals surface area (Å²) in [6, 6.07) is 12.9. The molecule has 2 aliphatic heterocycles. The van der Waals surface area contributed by atoms with E-state index in [9.17, 15) is 13.2 Å². The third kappa shape index (κ3) is 4.01. The SMILES string of the molecule is O=C(O)CCc1cc2c(cc1S(=O)(=O)N1CCN(c3ccccc3)CC1)OCO2. The third-order valence-corrected chi connectivity index (χ3v) is 7.12. The van der Waals surface area contributed by atoms with E-state index in [1.165, 1.54) is 10.4 Å². The molecule has 154 valence electrons. The molecule has 0 aliphatic carbocycles. The van der Waals surface area contributed by atoms with E-state index in [1.807, 2.05) is 30.3 Å². The molecule has 1 N–H and O–H groups in total. The molecule has 0 aromatic heterocycles. The standard InChI is InChI=1S/C20H22N2O6S/c23-20(24)7-6-15-12-17-18(28-14-27-17)13-19(15)29(25,26)22-10-8-21(9-11-22)16-4-2-1-3-5-16/h1-5,12-13H,6-11,14H2,(H,23,24). The number of sulfonamides is 1. The van der Waals surface area contributed by atoms with Crippen LogP contribution < -0.4 is 14.4 Å². The van der Waals surface area contributed by atoms with Crippen molar-refractivity contribution in [2.75, 3.05) is 37.9 Å². The van der Waals surface area contributed by atoms with Crippen LogP contribution in [0.25, 0.3) is 0 Å². The monoisotopic (exact) mass is 418 g/mol. The number of para-hydroxylation sites is 1. The van der Waals surface area contributed by atoms with Crippen LogP contribution in [0.2, 0.25) is 0 Å². The van der Waals surface area contributed by atoms with Crippen molar-refractivity contribution in [2.45, 2.75) is 17.7 Å². The van der Waals surface area contributed by atoms with Crippen LogP contribution in [0.1, 0.15) is 12.0 Å². The lowest BCUT2D eigenvalue weighted by molar-refractivity contribution is -0.136. The van der Waals surface area contributed by atoms with Crippen molar-refractivity contribution >= 4 is 21.7 Å². The maximum absolute atomic E-state index is 13.4. The number of nitrogens with zero attached hydrogens (tertiary/aromatic N) is 2. The number of carbonyl (C=O) groups is 1. The second-order valence-corrected chi connectivity index (χ2v) is 8.84. The molecule has 0 amide bonds. The highest BCUT2D eigenvalue weighted by Crippen LogP contribution is 2.38. The summed E-state index contributed by atoms with van der Waals surface area (Å²) in [4.78, 5) is 13.3. The summed E-state index contributed by atoms with van der Waals surface area (Å²) in [5, 5.41) is 9.03. The van der Waals surface area contributed by atoms with Gasteiger partial charge in [-0.2, -0.15) is 4.31 Å². The van der Waals surface area contributed by atoms with Gasteiger partial charge in [0.25, 0.3) is 0 Å². The molecule has 0 atom stereocenters. The van der Waals surface area contributed by atoms with Gasteiger partial charge in [-0.05, 0) is 30.2 Å². The van der Waals surface area contributed by atoms with E-state index in [1.54, 1.807) is 6.07 Å². The molecule has 2 aromatic rings. The Hall–Kier alpha value is -2.78. The van der Waals surface area contributed by atoms with Crippen LogP contribution in [0, 0.1) is 0 Å². The predicted molar refractivity (Wildman–Crippen MR) is 106 cm³/mol. The van der Waals surface area contributed by atoms with Crippen molar-refractivity contribution in [1.82, 2.24) is 4.31 Å². The van der Waals surface area contributed by atoms with Crippen LogP contribution in [0.15, 0.2) is 47.4 Å². The second kappa shape index (κ2) is 7.92. The fourth-order valence-corrected chi connectivity index (χ4v) is 5.28. The molecule has 0 bridgehead atoms. The highest BCUT2D eigenvalue weighted by molar-refractivity contribution is 7.89. The molecule has 2 aliphatic rings. The molecule has 0 saturated carbocycles. The predicted octanol–water partition coefficient (Wildman–Crippen LogP) is 1.94. The Balaban J connectivity index is 1.58. The fourth-order valence-electron chi connectivity index (χ4n) is 3.61. The van der Waals surface area contributed by atoms with Crippen LogP contribution in [0.4, 0.5) is 5.69 Å². The van der Waals surface area contributed by atoms with Gasteiger partial charge in [-0.15, -0.1) is 0 Å². The number of benzene rings is 2. The first-order chi connectivity index (χ1) is 13.9. The lowest BCUT2D eigenvalue weighted by Gasteiger charge is -2.35. The molecular weight excluding hydrogens is 396 g/mol. The van der Waals surface area contributed by atoms with Gasteiger partial charge in [0.1, 0.15) is 0 Å². The van der Waals surface area contributed by atoms with E-state index in [4.69, 9.17) is 14.6 Å². The van der Waals surface area contributed by atoms with E-state index in [-0.39, 0.29) is 24.5 Å². The molecule has 0 radical (unpaired) electrons. The van der Waals surface area contributed by atoms with Gasteiger partial charge in [-0.25, -0.2) is 8.42 Å². The van der Waals surface area contributed by atoms with E-state index in [0.29, 0.717) is 43.2 Å². The summed E-state index contributed by atoms with van der Waals surface area (Å²) >= 11 is 0. The van der Waals surface area contributed by atoms with Gasteiger partial charge >= 0.3 is 5.97 Å². The first kappa shape index (κ1) is 19.5. The fraction of sp³-hybridized carbons (Fsp3) is 0.350. The molecule has 4 rings (SSSR count). The van der Waals surface area contributed by atoms with Gasteiger partial charge < -0.3 is 19.5 Å². The summed E-state index contributed by atoms with van der Waals surface area (Å²) in [6.07, 6.45) is -0.0610. The van der Waals surface area contributed by atoms with E-state index >= 15 is 0 Å². The largest absolute Gasteiger partial charge is 0.481 e. The van der Waals surface area contributed by atoms with Crippen LogP contribution in [0.3, 0.4) is 0 Å². The van der Waals surface area contributed by atoms with E-state index in [0.717, 1.165) is 5.69 Å². The summed E-state index contributed by atoms with van der Waals surface area (Å²) in [5.74, 6) is -0.175. The molecule has 1 fully saturated rings. The van der Waals surface area contributed by atoms with Crippen LogP contribution in [0.5, 0.6) is 11.5 Å². The molecule has 2 heterocycles. The minimum absolute atomic E-state index is 0.0208. The number of aliphatic carboxylic acids is 1.